The molecule has 1 rings (SSSR count). The summed E-state index contributed by atoms with van der Waals surface area (Å²) in [7, 11) is -2.24. The molecule has 0 aliphatic heterocycles. The Kier molecular flexibility index (Phi) is 6.52. The minimum Gasteiger partial charge on any atom is -0.385 e. The SMILES string of the molecule is CCNc1sc(S(=O)(=O)NC(C)CCOC)cc1[N+](=O)[O-]. The van der Waals surface area contributed by atoms with Crippen LogP contribution in [0, 0.1) is 10.1 Å². The maximum Gasteiger partial charge on any atom is 0.304 e. The molecular formula is C11H19N3O5S2. The van der Waals surface area contributed by atoms with Gasteiger partial charge in [-0.05, 0) is 20.3 Å². The first-order valence-electron chi connectivity index (χ1n) is 6.35. The summed E-state index contributed by atoms with van der Waals surface area (Å²) >= 11 is 0.851. The monoisotopic (exact) mass is 337 g/mol. The highest BCUT2D eigenvalue weighted by Crippen LogP contribution is 2.36. The van der Waals surface area contributed by atoms with Crippen LogP contribution in [-0.2, 0) is 14.8 Å². The van der Waals surface area contributed by atoms with E-state index in [1.165, 1.54) is 7.11 Å². The number of nitrogens with one attached hydrogen (secondary N) is 2. The van der Waals surface area contributed by atoms with Crippen LogP contribution in [0.5, 0.6) is 0 Å². The van der Waals surface area contributed by atoms with Gasteiger partial charge in [0, 0.05) is 32.4 Å². The van der Waals surface area contributed by atoms with Crippen LogP contribution in [0.2, 0.25) is 0 Å². The number of methoxy groups -OCH3 is 1. The third-order valence-electron chi connectivity index (χ3n) is 2.60. The number of anilines is 1. The van der Waals surface area contributed by atoms with Crippen LogP contribution in [-0.4, -0.2) is 39.6 Å². The van der Waals surface area contributed by atoms with Crippen LogP contribution in [0.1, 0.15) is 20.3 Å². The molecule has 0 amide bonds. The third kappa shape index (κ3) is 4.92. The van der Waals surface area contributed by atoms with Crippen molar-refractivity contribution in [2.45, 2.75) is 30.5 Å². The number of nitrogens with zero attached hydrogens (tertiary/aromatic N) is 1. The first-order valence-corrected chi connectivity index (χ1v) is 8.65. The van der Waals surface area contributed by atoms with Gasteiger partial charge in [-0.3, -0.25) is 10.1 Å². The van der Waals surface area contributed by atoms with Gasteiger partial charge >= 0.3 is 5.69 Å². The van der Waals surface area contributed by atoms with Gasteiger partial charge in [0.05, 0.1) is 4.92 Å². The molecule has 0 aliphatic rings. The molecule has 0 aliphatic carbocycles. The lowest BCUT2D eigenvalue weighted by Crippen LogP contribution is -2.32. The Balaban J connectivity index is 2.97. The summed E-state index contributed by atoms with van der Waals surface area (Å²) in [6.45, 7) is 4.39. The van der Waals surface area contributed by atoms with Crippen LogP contribution >= 0.6 is 11.3 Å². The quantitative estimate of drug-likeness (QED) is 0.525. The Morgan fingerprint density at radius 3 is 2.71 bits per heavy atom. The van der Waals surface area contributed by atoms with Crippen LogP contribution in [0.3, 0.4) is 0 Å². The smallest absolute Gasteiger partial charge is 0.304 e. The van der Waals surface area contributed by atoms with Gasteiger partial charge in [0.2, 0.25) is 0 Å². The zero-order chi connectivity index (χ0) is 16.0. The Hall–Kier alpha value is -1.23. The number of rotatable bonds is 9. The van der Waals surface area contributed by atoms with E-state index in [-0.39, 0.29) is 20.9 Å². The molecule has 10 heteroatoms. The van der Waals surface area contributed by atoms with Crippen molar-refractivity contribution in [3.8, 4) is 0 Å². The molecule has 0 radical (unpaired) electrons. The average Bonchev–Trinajstić information content (AvgIpc) is 2.81. The summed E-state index contributed by atoms with van der Waals surface area (Å²) in [4.78, 5) is 10.3. The molecule has 0 saturated carbocycles. The zero-order valence-electron chi connectivity index (χ0n) is 12.1. The summed E-state index contributed by atoms with van der Waals surface area (Å²) in [6, 6.07) is 0.757. The normalized spacial score (nSPS) is 13.1. The summed E-state index contributed by atoms with van der Waals surface area (Å²) in [5, 5.41) is 14.0. The molecule has 0 bridgehead atoms. The maximum atomic E-state index is 12.2. The highest BCUT2D eigenvalue weighted by atomic mass is 32.2. The predicted molar refractivity (Wildman–Crippen MR) is 81.4 cm³/mol. The van der Waals surface area contributed by atoms with Crippen molar-refractivity contribution in [1.29, 1.82) is 0 Å². The topological polar surface area (TPSA) is 111 Å². The van der Waals surface area contributed by atoms with E-state index >= 15 is 0 Å². The summed E-state index contributed by atoms with van der Waals surface area (Å²) < 4.78 is 31.7. The third-order valence-corrected chi connectivity index (χ3v) is 5.75. The second kappa shape index (κ2) is 7.69. The van der Waals surface area contributed by atoms with E-state index in [9.17, 15) is 18.5 Å². The molecule has 1 unspecified atom stereocenters. The van der Waals surface area contributed by atoms with E-state index in [1.54, 1.807) is 13.8 Å². The summed E-state index contributed by atoms with van der Waals surface area (Å²) in [5.41, 5.74) is -0.230. The fraction of sp³-hybridized carbons (Fsp3) is 0.636. The Labute approximate surface area is 127 Å². The van der Waals surface area contributed by atoms with E-state index in [4.69, 9.17) is 4.74 Å². The number of sulfonamides is 1. The van der Waals surface area contributed by atoms with Crippen LogP contribution in [0.15, 0.2) is 10.3 Å². The first-order chi connectivity index (χ1) is 9.81. The van der Waals surface area contributed by atoms with Crippen molar-refractivity contribution in [2.24, 2.45) is 0 Å². The van der Waals surface area contributed by atoms with Crippen LogP contribution < -0.4 is 10.0 Å². The molecule has 1 aromatic heterocycles. The van der Waals surface area contributed by atoms with E-state index in [1.807, 2.05) is 0 Å². The van der Waals surface area contributed by atoms with Crippen molar-refractivity contribution < 1.29 is 18.1 Å². The molecule has 0 spiro atoms. The zero-order valence-corrected chi connectivity index (χ0v) is 13.7. The van der Waals surface area contributed by atoms with Gasteiger partial charge in [-0.15, -0.1) is 0 Å². The summed E-state index contributed by atoms with van der Waals surface area (Å²) in [6.07, 6.45) is 0.517. The lowest BCUT2D eigenvalue weighted by Gasteiger charge is -2.12. The van der Waals surface area contributed by atoms with Crippen LogP contribution in [0.4, 0.5) is 10.7 Å². The number of ether oxygens (including phenoxy) is 1. The van der Waals surface area contributed by atoms with Gasteiger partial charge in [-0.1, -0.05) is 11.3 Å². The van der Waals surface area contributed by atoms with E-state index in [2.05, 4.69) is 10.0 Å². The molecule has 120 valence electrons. The molecule has 1 aromatic rings. The van der Waals surface area contributed by atoms with Crippen molar-refractivity contribution in [1.82, 2.24) is 4.72 Å². The second-order valence-electron chi connectivity index (χ2n) is 4.37. The van der Waals surface area contributed by atoms with Crippen LogP contribution in [0.25, 0.3) is 0 Å². The second-order valence-corrected chi connectivity index (χ2v) is 7.36. The minimum atomic E-state index is -3.77. The number of nitro groups is 1. The van der Waals surface area contributed by atoms with Crippen molar-refractivity contribution in [3.63, 3.8) is 0 Å². The fourth-order valence-corrected chi connectivity index (χ4v) is 4.28. The molecule has 1 heterocycles. The average molecular weight is 337 g/mol. The lowest BCUT2D eigenvalue weighted by molar-refractivity contribution is -0.383. The largest absolute Gasteiger partial charge is 0.385 e. The fourth-order valence-electron chi connectivity index (χ4n) is 1.59. The van der Waals surface area contributed by atoms with E-state index in [0.717, 1.165) is 17.4 Å². The number of hydrogen-bond acceptors (Lipinski definition) is 7. The van der Waals surface area contributed by atoms with Crippen molar-refractivity contribution in [2.75, 3.05) is 25.6 Å². The Bertz CT molecular complexity index is 585. The number of hydrogen-bond donors (Lipinski definition) is 2. The molecule has 1 atom stereocenters. The van der Waals surface area contributed by atoms with Gasteiger partial charge in [-0.2, -0.15) is 0 Å². The van der Waals surface area contributed by atoms with Gasteiger partial charge in [0.1, 0.15) is 4.21 Å². The number of thiophene rings is 1. The Morgan fingerprint density at radius 1 is 1.52 bits per heavy atom. The van der Waals surface area contributed by atoms with Gasteiger partial charge in [0.25, 0.3) is 10.0 Å². The lowest BCUT2D eigenvalue weighted by atomic mass is 10.3. The molecule has 0 aromatic carbocycles. The first kappa shape index (κ1) is 17.8. The highest BCUT2D eigenvalue weighted by molar-refractivity contribution is 7.91. The van der Waals surface area contributed by atoms with Gasteiger partial charge in [0.15, 0.2) is 5.00 Å². The summed E-state index contributed by atoms with van der Waals surface area (Å²) in [5.74, 6) is 0. The Morgan fingerprint density at radius 2 is 2.19 bits per heavy atom. The van der Waals surface area contributed by atoms with Gasteiger partial charge < -0.3 is 10.1 Å². The molecule has 0 saturated heterocycles. The molecule has 0 fully saturated rings. The van der Waals surface area contributed by atoms with E-state index in [0.29, 0.717) is 19.6 Å². The standard InChI is InChI=1S/C11H19N3O5S2/c1-4-12-11-9(14(15)16)7-10(20-11)21(17,18)13-8(2)5-6-19-3/h7-8,12-13H,4-6H2,1-3H3. The molecular weight excluding hydrogens is 318 g/mol. The molecule has 2 N–H and O–H groups in total. The highest BCUT2D eigenvalue weighted by Gasteiger charge is 2.26. The van der Waals surface area contributed by atoms with Crippen molar-refractivity contribution >= 4 is 32.0 Å². The van der Waals surface area contributed by atoms with Crippen molar-refractivity contribution in [3.05, 3.63) is 16.2 Å². The molecule has 8 nitrogen and oxygen atoms in total. The predicted octanol–water partition coefficient (Wildman–Crippen LogP) is 1.79. The van der Waals surface area contributed by atoms with E-state index < -0.39 is 14.9 Å². The molecule has 21 heavy (non-hydrogen) atoms. The van der Waals surface area contributed by atoms with Gasteiger partial charge in [-0.25, -0.2) is 13.1 Å². The minimum absolute atomic E-state index is 0.0746. The maximum absolute atomic E-state index is 12.2.